The molecule has 3 rings (SSSR count). The highest BCUT2D eigenvalue weighted by molar-refractivity contribution is 6.06. The van der Waals surface area contributed by atoms with E-state index in [1.807, 2.05) is 24.3 Å². The van der Waals surface area contributed by atoms with Crippen LogP contribution in [-0.2, 0) is 4.79 Å². The number of ether oxygens (including phenoxy) is 1. The molecule has 0 radical (unpaired) electrons. The summed E-state index contributed by atoms with van der Waals surface area (Å²) in [5.74, 6) is -1.91. The number of nitro groups is 1. The summed E-state index contributed by atoms with van der Waals surface area (Å²) in [7, 11) is 0. The van der Waals surface area contributed by atoms with Crippen LogP contribution in [-0.4, -0.2) is 36.4 Å². The van der Waals surface area contributed by atoms with Crippen molar-refractivity contribution in [3.05, 3.63) is 88.2 Å². The minimum absolute atomic E-state index is 0.0425. The standard InChI is InChI=1S/C25H25FN4O5/c1-3-29(4-2)19-12-9-17(10-13-19)28-25(32)20-7-5-6-8-23(20)35-16-24(31)27-18-11-14-22(30(33)34)21(26)15-18/h5-15H,3-4,16H2,1-2H3,(H,27,31)(H,28,32). The molecule has 0 aromatic heterocycles. The van der Waals surface area contributed by atoms with Crippen molar-refractivity contribution in [3.8, 4) is 5.75 Å². The molecule has 0 bridgehead atoms. The van der Waals surface area contributed by atoms with Gasteiger partial charge in [-0.05, 0) is 56.3 Å². The Bertz CT molecular complexity index is 1210. The van der Waals surface area contributed by atoms with Crippen LogP contribution >= 0.6 is 0 Å². The van der Waals surface area contributed by atoms with Crippen molar-refractivity contribution < 1.29 is 23.6 Å². The quantitative estimate of drug-likeness (QED) is 0.317. The maximum absolute atomic E-state index is 13.7. The van der Waals surface area contributed by atoms with E-state index in [1.165, 1.54) is 6.07 Å². The molecule has 0 saturated heterocycles. The summed E-state index contributed by atoms with van der Waals surface area (Å²) in [6.07, 6.45) is 0. The Morgan fingerprint density at radius 3 is 2.26 bits per heavy atom. The van der Waals surface area contributed by atoms with Crippen molar-refractivity contribution in [2.24, 2.45) is 0 Å². The van der Waals surface area contributed by atoms with Crippen LogP contribution in [0.3, 0.4) is 0 Å². The molecule has 182 valence electrons. The predicted molar refractivity (Wildman–Crippen MR) is 132 cm³/mol. The highest BCUT2D eigenvalue weighted by atomic mass is 19.1. The fourth-order valence-corrected chi connectivity index (χ4v) is 3.40. The number of benzene rings is 3. The van der Waals surface area contributed by atoms with E-state index in [1.54, 1.807) is 24.3 Å². The average molecular weight is 480 g/mol. The van der Waals surface area contributed by atoms with Crippen LogP contribution in [0.2, 0.25) is 0 Å². The second-order valence-corrected chi connectivity index (χ2v) is 7.43. The van der Waals surface area contributed by atoms with E-state index in [9.17, 15) is 24.1 Å². The Morgan fingerprint density at radius 2 is 1.63 bits per heavy atom. The summed E-state index contributed by atoms with van der Waals surface area (Å²) < 4.78 is 19.3. The van der Waals surface area contributed by atoms with Gasteiger partial charge >= 0.3 is 5.69 Å². The number of hydrogen-bond donors (Lipinski definition) is 2. The Labute approximate surface area is 201 Å². The van der Waals surface area contributed by atoms with Crippen molar-refractivity contribution in [1.82, 2.24) is 0 Å². The van der Waals surface area contributed by atoms with E-state index in [0.29, 0.717) is 5.69 Å². The van der Waals surface area contributed by atoms with Gasteiger partial charge in [0.1, 0.15) is 5.75 Å². The highest BCUT2D eigenvalue weighted by Crippen LogP contribution is 2.23. The molecule has 0 spiro atoms. The fraction of sp³-hybridized carbons (Fsp3) is 0.200. The van der Waals surface area contributed by atoms with Crippen LogP contribution in [0.4, 0.5) is 27.1 Å². The van der Waals surface area contributed by atoms with Crippen LogP contribution in [0, 0.1) is 15.9 Å². The molecule has 0 heterocycles. The maximum Gasteiger partial charge on any atom is 0.304 e. The van der Waals surface area contributed by atoms with Gasteiger partial charge in [-0.25, -0.2) is 0 Å². The number of para-hydroxylation sites is 1. The molecule has 0 aliphatic carbocycles. The second kappa shape index (κ2) is 11.6. The number of carbonyl (C=O) groups excluding carboxylic acids is 2. The van der Waals surface area contributed by atoms with Crippen molar-refractivity contribution >= 4 is 34.6 Å². The number of halogens is 1. The van der Waals surface area contributed by atoms with Gasteiger partial charge in [0.2, 0.25) is 5.82 Å². The number of carbonyl (C=O) groups is 2. The van der Waals surface area contributed by atoms with Crippen LogP contribution < -0.4 is 20.3 Å². The van der Waals surface area contributed by atoms with Gasteiger partial charge in [0.05, 0.1) is 10.5 Å². The number of nitro benzene ring substituents is 1. The van der Waals surface area contributed by atoms with Gasteiger partial charge in [-0.15, -0.1) is 0 Å². The lowest BCUT2D eigenvalue weighted by Gasteiger charge is -2.21. The fourth-order valence-electron chi connectivity index (χ4n) is 3.40. The number of hydrogen-bond acceptors (Lipinski definition) is 6. The van der Waals surface area contributed by atoms with Crippen molar-refractivity contribution in [2.75, 3.05) is 35.2 Å². The first-order valence-electron chi connectivity index (χ1n) is 10.9. The molecular formula is C25H25FN4O5. The summed E-state index contributed by atoms with van der Waals surface area (Å²) in [6.45, 7) is 5.43. The molecule has 0 saturated carbocycles. The molecule has 0 fully saturated rings. The van der Waals surface area contributed by atoms with Crippen molar-refractivity contribution in [2.45, 2.75) is 13.8 Å². The number of nitrogens with zero attached hydrogens (tertiary/aromatic N) is 2. The average Bonchev–Trinajstić information content (AvgIpc) is 2.84. The van der Waals surface area contributed by atoms with Gasteiger partial charge in [-0.2, -0.15) is 4.39 Å². The molecule has 0 aliphatic rings. The van der Waals surface area contributed by atoms with E-state index in [0.717, 1.165) is 30.9 Å². The molecule has 2 amide bonds. The molecular weight excluding hydrogens is 455 g/mol. The van der Waals surface area contributed by atoms with E-state index in [-0.39, 0.29) is 17.0 Å². The summed E-state index contributed by atoms with van der Waals surface area (Å²) in [4.78, 5) is 37.1. The molecule has 3 aromatic carbocycles. The van der Waals surface area contributed by atoms with Gasteiger partial charge in [0.15, 0.2) is 6.61 Å². The van der Waals surface area contributed by atoms with Crippen molar-refractivity contribution in [1.29, 1.82) is 0 Å². The third-order valence-corrected chi connectivity index (χ3v) is 5.17. The molecule has 10 heteroatoms. The van der Waals surface area contributed by atoms with E-state index >= 15 is 0 Å². The summed E-state index contributed by atoms with van der Waals surface area (Å²) >= 11 is 0. The van der Waals surface area contributed by atoms with Crippen LogP contribution in [0.5, 0.6) is 5.75 Å². The number of rotatable bonds is 10. The summed E-state index contributed by atoms with van der Waals surface area (Å²) in [5.41, 5.74) is 1.24. The van der Waals surface area contributed by atoms with Gasteiger partial charge in [-0.1, -0.05) is 12.1 Å². The van der Waals surface area contributed by atoms with Crippen LogP contribution in [0.15, 0.2) is 66.7 Å². The molecule has 0 unspecified atom stereocenters. The van der Waals surface area contributed by atoms with Crippen molar-refractivity contribution in [3.63, 3.8) is 0 Å². The van der Waals surface area contributed by atoms with Crippen LogP contribution in [0.1, 0.15) is 24.2 Å². The monoisotopic (exact) mass is 480 g/mol. The van der Waals surface area contributed by atoms with E-state index in [2.05, 4.69) is 29.4 Å². The first-order chi connectivity index (χ1) is 16.8. The number of amides is 2. The second-order valence-electron chi connectivity index (χ2n) is 7.43. The largest absolute Gasteiger partial charge is 0.483 e. The number of nitrogens with one attached hydrogen (secondary N) is 2. The van der Waals surface area contributed by atoms with E-state index in [4.69, 9.17) is 4.74 Å². The van der Waals surface area contributed by atoms with Gasteiger partial charge in [0.25, 0.3) is 11.8 Å². The maximum atomic E-state index is 13.7. The molecule has 35 heavy (non-hydrogen) atoms. The van der Waals surface area contributed by atoms with Gasteiger partial charge in [-0.3, -0.25) is 19.7 Å². The Balaban J connectivity index is 1.62. The SMILES string of the molecule is CCN(CC)c1ccc(NC(=O)c2ccccc2OCC(=O)Nc2ccc([N+](=O)[O-])c(F)c2)cc1. The lowest BCUT2D eigenvalue weighted by Crippen LogP contribution is -2.22. The first kappa shape index (κ1) is 25.2. The smallest absolute Gasteiger partial charge is 0.304 e. The lowest BCUT2D eigenvalue weighted by molar-refractivity contribution is -0.387. The zero-order chi connectivity index (χ0) is 25.4. The Kier molecular flexibility index (Phi) is 8.33. The molecule has 3 aromatic rings. The molecule has 2 N–H and O–H groups in total. The topological polar surface area (TPSA) is 114 Å². The summed E-state index contributed by atoms with van der Waals surface area (Å²) in [5, 5.41) is 15.9. The Morgan fingerprint density at radius 1 is 0.971 bits per heavy atom. The molecule has 0 aliphatic heterocycles. The van der Waals surface area contributed by atoms with Gasteiger partial charge in [0, 0.05) is 42.3 Å². The Hall–Kier alpha value is -4.47. The van der Waals surface area contributed by atoms with E-state index < -0.39 is 34.8 Å². The zero-order valence-corrected chi connectivity index (χ0v) is 19.3. The predicted octanol–water partition coefficient (Wildman–Crippen LogP) is 4.85. The minimum atomic E-state index is -1.07. The third-order valence-electron chi connectivity index (χ3n) is 5.17. The lowest BCUT2D eigenvalue weighted by atomic mass is 10.1. The summed E-state index contributed by atoms with van der Waals surface area (Å²) in [6, 6.07) is 17.0. The minimum Gasteiger partial charge on any atom is -0.483 e. The number of anilines is 3. The first-order valence-corrected chi connectivity index (χ1v) is 10.9. The van der Waals surface area contributed by atoms with Gasteiger partial charge < -0.3 is 20.3 Å². The van der Waals surface area contributed by atoms with Crippen LogP contribution in [0.25, 0.3) is 0 Å². The zero-order valence-electron chi connectivity index (χ0n) is 19.3. The molecule has 0 atom stereocenters. The third kappa shape index (κ3) is 6.53. The normalized spacial score (nSPS) is 10.4. The molecule has 9 nitrogen and oxygen atoms in total. The highest BCUT2D eigenvalue weighted by Gasteiger charge is 2.16.